The van der Waals surface area contributed by atoms with E-state index < -0.39 is 0 Å². The minimum absolute atomic E-state index is 0.168. The summed E-state index contributed by atoms with van der Waals surface area (Å²) < 4.78 is 5.54. The topological polar surface area (TPSA) is 62.9 Å². The van der Waals surface area contributed by atoms with Crippen molar-refractivity contribution in [3.63, 3.8) is 0 Å². The summed E-state index contributed by atoms with van der Waals surface area (Å²) in [6.07, 6.45) is 6.35. The molecule has 24 heavy (non-hydrogen) atoms. The lowest BCUT2D eigenvalue weighted by atomic mass is 9.80. The molecule has 1 saturated carbocycles. The fourth-order valence-electron chi connectivity index (χ4n) is 3.88. The summed E-state index contributed by atoms with van der Waals surface area (Å²) in [5.41, 5.74) is 8.55. The highest BCUT2D eigenvalue weighted by atomic mass is 16.5. The highest BCUT2D eigenvalue weighted by molar-refractivity contribution is 5.92. The number of hydrogen-bond acceptors (Lipinski definition) is 3. The lowest BCUT2D eigenvalue weighted by Crippen LogP contribution is -2.56. The van der Waals surface area contributed by atoms with E-state index in [-0.39, 0.29) is 5.54 Å². The van der Waals surface area contributed by atoms with Gasteiger partial charge in [0, 0.05) is 24.3 Å². The van der Waals surface area contributed by atoms with Crippen LogP contribution in [0.1, 0.15) is 37.7 Å². The quantitative estimate of drug-likeness (QED) is 0.658. The molecule has 0 bridgehead atoms. The van der Waals surface area contributed by atoms with Gasteiger partial charge in [-0.1, -0.05) is 37.0 Å². The summed E-state index contributed by atoms with van der Waals surface area (Å²) in [4.78, 5) is 7.31. The summed E-state index contributed by atoms with van der Waals surface area (Å²) in [5, 5.41) is 3.21. The number of hydrogen-bond donors (Lipinski definition) is 2. The van der Waals surface area contributed by atoms with Gasteiger partial charge in [-0.25, -0.2) is 0 Å². The first-order valence-electron chi connectivity index (χ1n) is 9.14. The second-order valence-electron chi connectivity index (χ2n) is 7.08. The van der Waals surface area contributed by atoms with E-state index in [4.69, 9.17) is 15.5 Å². The fourth-order valence-corrected chi connectivity index (χ4v) is 3.88. The summed E-state index contributed by atoms with van der Waals surface area (Å²) in [5.74, 6) is 0.511. The van der Waals surface area contributed by atoms with Gasteiger partial charge in [-0.15, -0.1) is 0 Å². The van der Waals surface area contributed by atoms with Gasteiger partial charge in [-0.05, 0) is 31.9 Å². The van der Waals surface area contributed by atoms with Gasteiger partial charge in [-0.3, -0.25) is 9.89 Å². The van der Waals surface area contributed by atoms with E-state index in [2.05, 4.69) is 29.3 Å². The maximum absolute atomic E-state index is 6.15. The van der Waals surface area contributed by atoms with E-state index in [9.17, 15) is 0 Å². The van der Waals surface area contributed by atoms with Crippen molar-refractivity contribution in [3.05, 3.63) is 29.8 Å². The van der Waals surface area contributed by atoms with Crippen LogP contribution in [0.4, 0.5) is 5.69 Å². The molecule has 5 nitrogen and oxygen atoms in total. The molecule has 1 aromatic rings. The third-order valence-electron chi connectivity index (χ3n) is 5.33. The molecule has 2 aliphatic rings. The molecule has 0 spiro atoms. The largest absolute Gasteiger partial charge is 0.379 e. The zero-order chi connectivity index (χ0) is 16.8. The molecule has 0 atom stereocenters. The minimum Gasteiger partial charge on any atom is -0.379 e. The van der Waals surface area contributed by atoms with Gasteiger partial charge in [0.15, 0.2) is 5.96 Å². The van der Waals surface area contributed by atoms with E-state index in [1.54, 1.807) is 0 Å². The van der Waals surface area contributed by atoms with Crippen molar-refractivity contribution in [2.45, 2.75) is 44.6 Å². The number of ether oxygens (including phenoxy) is 1. The summed E-state index contributed by atoms with van der Waals surface area (Å²) >= 11 is 0. The molecule has 3 rings (SSSR count). The molecular weight excluding hydrogens is 300 g/mol. The van der Waals surface area contributed by atoms with Gasteiger partial charge in [0.1, 0.15) is 0 Å². The van der Waals surface area contributed by atoms with Crippen molar-refractivity contribution < 1.29 is 4.74 Å². The molecule has 1 saturated heterocycles. The van der Waals surface area contributed by atoms with Crippen LogP contribution in [0.25, 0.3) is 0 Å². The zero-order valence-electron chi connectivity index (χ0n) is 14.8. The highest BCUT2D eigenvalue weighted by Crippen LogP contribution is 2.34. The Labute approximate surface area is 145 Å². The van der Waals surface area contributed by atoms with Crippen LogP contribution in [0.2, 0.25) is 0 Å². The van der Waals surface area contributed by atoms with Crippen LogP contribution in [0.15, 0.2) is 29.3 Å². The van der Waals surface area contributed by atoms with E-state index >= 15 is 0 Å². The molecule has 0 radical (unpaired) electrons. The molecule has 1 aromatic carbocycles. The Kier molecular flexibility index (Phi) is 5.74. The molecular formula is C19H30N4O. The second-order valence-corrected chi connectivity index (χ2v) is 7.08. The number of nitrogens with zero attached hydrogens (tertiary/aromatic N) is 2. The predicted molar refractivity (Wildman–Crippen MR) is 99.5 cm³/mol. The first-order chi connectivity index (χ1) is 11.7. The Morgan fingerprint density at radius 2 is 1.83 bits per heavy atom. The Bertz CT molecular complexity index is 543. The number of morpholine rings is 1. The summed E-state index contributed by atoms with van der Waals surface area (Å²) in [6, 6.07) is 8.23. The van der Waals surface area contributed by atoms with Crippen molar-refractivity contribution in [2.75, 3.05) is 38.2 Å². The van der Waals surface area contributed by atoms with Crippen molar-refractivity contribution in [1.82, 2.24) is 4.90 Å². The first-order valence-corrected chi connectivity index (χ1v) is 9.14. The Hall–Kier alpha value is -1.59. The molecule has 5 heteroatoms. The number of benzene rings is 1. The van der Waals surface area contributed by atoms with E-state index in [0.29, 0.717) is 5.96 Å². The molecule has 1 heterocycles. The molecule has 0 amide bonds. The van der Waals surface area contributed by atoms with E-state index in [1.807, 2.05) is 12.1 Å². The normalized spacial score (nSPS) is 22.3. The average molecular weight is 330 g/mol. The lowest BCUT2D eigenvalue weighted by molar-refractivity contribution is -0.0333. The number of guanidine groups is 1. The van der Waals surface area contributed by atoms with Crippen molar-refractivity contribution in [3.8, 4) is 0 Å². The van der Waals surface area contributed by atoms with Crippen molar-refractivity contribution in [1.29, 1.82) is 0 Å². The molecule has 132 valence electrons. The highest BCUT2D eigenvalue weighted by Gasteiger charge is 2.38. The molecule has 0 unspecified atom stereocenters. The van der Waals surface area contributed by atoms with Crippen LogP contribution in [0, 0.1) is 6.92 Å². The van der Waals surface area contributed by atoms with Gasteiger partial charge < -0.3 is 15.8 Å². The number of rotatable bonds is 4. The smallest absolute Gasteiger partial charge is 0.193 e. The van der Waals surface area contributed by atoms with Crippen molar-refractivity contribution in [2.24, 2.45) is 10.7 Å². The molecule has 1 aliphatic heterocycles. The molecule has 2 fully saturated rings. The standard InChI is InChI=1S/C19H30N4O/c1-16-5-7-17(8-6-16)22-18(20)21-15-19(9-3-2-4-10-19)23-11-13-24-14-12-23/h5-8H,2-4,9-15H2,1H3,(H3,20,21,22). The van der Waals surface area contributed by atoms with Crippen molar-refractivity contribution >= 4 is 11.6 Å². The lowest BCUT2D eigenvalue weighted by Gasteiger charge is -2.47. The number of nitrogens with one attached hydrogen (secondary N) is 1. The number of nitrogens with two attached hydrogens (primary N) is 1. The van der Waals surface area contributed by atoms with Crippen LogP contribution < -0.4 is 11.1 Å². The van der Waals surface area contributed by atoms with Gasteiger partial charge in [-0.2, -0.15) is 0 Å². The molecule has 1 aliphatic carbocycles. The van der Waals surface area contributed by atoms with Crippen LogP contribution in [-0.4, -0.2) is 49.2 Å². The third-order valence-corrected chi connectivity index (χ3v) is 5.33. The van der Waals surface area contributed by atoms with Gasteiger partial charge in [0.25, 0.3) is 0 Å². The van der Waals surface area contributed by atoms with E-state index in [1.165, 1.54) is 37.7 Å². The van der Waals surface area contributed by atoms with Crippen LogP contribution in [-0.2, 0) is 4.74 Å². The van der Waals surface area contributed by atoms with Crippen LogP contribution >= 0.6 is 0 Å². The summed E-state index contributed by atoms with van der Waals surface area (Å²) in [7, 11) is 0. The average Bonchev–Trinajstić information content (AvgIpc) is 2.63. The maximum atomic E-state index is 6.15. The number of aliphatic imine (C=N–C) groups is 1. The first kappa shape index (κ1) is 17.2. The predicted octanol–water partition coefficient (Wildman–Crippen LogP) is 2.76. The van der Waals surface area contributed by atoms with Gasteiger partial charge in [0.2, 0.25) is 0 Å². The molecule has 3 N–H and O–H groups in total. The maximum Gasteiger partial charge on any atom is 0.193 e. The van der Waals surface area contributed by atoms with Crippen LogP contribution in [0.3, 0.4) is 0 Å². The van der Waals surface area contributed by atoms with Gasteiger partial charge >= 0.3 is 0 Å². The van der Waals surface area contributed by atoms with Crippen LogP contribution in [0.5, 0.6) is 0 Å². The zero-order valence-corrected chi connectivity index (χ0v) is 14.8. The summed E-state index contributed by atoms with van der Waals surface area (Å²) in [6.45, 7) is 6.56. The Balaban J connectivity index is 1.66. The Morgan fingerprint density at radius 1 is 1.17 bits per heavy atom. The molecule has 0 aromatic heterocycles. The minimum atomic E-state index is 0.168. The van der Waals surface area contributed by atoms with E-state index in [0.717, 1.165) is 38.5 Å². The SMILES string of the molecule is Cc1ccc(NC(N)=NCC2(N3CCOCC3)CCCCC2)cc1. The number of anilines is 1. The fraction of sp³-hybridized carbons (Fsp3) is 0.632. The third kappa shape index (κ3) is 4.28. The second kappa shape index (κ2) is 7.99. The Morgan fingerprint density at radius 3 is 2.50 bits per heavy atom. The number of aryl methyl sites for hydroxylation is 1. The van der Waals surface area contributed by atoms with Gasteiger partial charge in [0.05, 0.1) is 19.8 Å². The monoisotopic (exact) mass is 330 g/mol.